The molecular weight excluding hydrogens is 868 g/mol. The van der Waals surface area contributed by atoms with Crippen LogP contribution in [0.4, 0.5) is 17.6 Å². The second-order valence-electron chi connectivity index (χ2n) is 8.72. The summed E-state index contributed by atoms with van der Waals surface area (Å²) >= 11 is 7.10. The molecule has 5 aromatic rings. The average molecular weight is 891 g/mol. The summed E-state index contributed by atoms with van der Waals surface area (Å²) in [6.07, 6.45) is 9.47. The zero-order chi connectivity index (χ0) is 30.0. The molecule has 0 aliphatic carbocycles. The number of nitrogens with zero attached hydrogens (tertiary/aromatic N) is 4. The fourth-order valence-corrected chi connectivity index (χ4v) is 4.46. The van der Waals surface area contributed by atoms with Crippen molar-refractivity contribution in [2.45, 2.75) is 9.65 Å². The molecule has 0 saturated heterocycles. The summed E-state index contributed by atoms with van der Waals surface area (Å²) in [5.41, 5.74) is 3.55. The van der Waals surface area contributed by atoms with Crippen LogP contribution >= 0.6 is 31.9 Å². The van der Waals surface area contributed by atoms with Crippen LogP contribution in [0.1, 0.15) is 12.1 Å². The minimum atomic E-state index is -0.594. The Labute approximate surface area is 276 Å². The van der Waals surface area contributed by atoms with Gasteiger partial charge in [0.2, 0.25) is 0 Å². The van der Waals surface area contributed by atoms with Crippen molar-refractivity contribution in [3.63, 3.8) is 0 Å². The molecule has 2 aromatic carbocycles. The number of halogens is 6. The topological polar surface area (TPSA) is 51.0 Å². The SMILES string of the molecule is BrC1(Br)C=CN=C(c2ccccn2)C1.Fc1ccc(-c2ccccn2)c(F)c1.Fc1ccc(-c2ccccn2)c(F)c1.[Ir]. The van der Waals surface area contributed by atoms with Crippen LogP contribution in [0.25, 0.3) is 22.5 Å². The first-order valence-corrected chi connectivity index (χ1v) is 14.1. The quantitative estimate of drug-likeness (QED) is 0.134. The molecule has 1 radical (unpaired) electrons. The molecule has 4 nitrogen and oxygen atoms in total. The van der Waals surface area contributed by atoms with Gasteiger partial charge in [-0.2, -0.15) is 0 Å². The first kappa shape index (κ1) is 34.1. The Kier molecular flexibility index (Phi) is 13.1. The number of aliphatic imine (C=N–C) groups is 1. The number of aromatic nitrogens is 3. The van der Waals surface area contributed by atoms with Crippen LogP contribution in [-0.2, 0) is 20.1 Å². The second kappa shape index (κ2) is 16.5. The Morgan fingerprint density at radius 3 is 1.40 bits per heavy atom. The normalized spacial score (nSPS) is 12.8. The van der Waals surface area contributed by atoms with E-state index in [4.69, 9.17) is 0 Å². The van der Waals surface area contributed by atoms with Crippen molar-refractivity contribution >= 4 is 37.6 Å². The number of pyridine rings is 3. The number of allylic oxidation sites excluding steroid dienone is 1. The van der Waals surface area contributed by atoms with E-state index >= 15 is 0 Å². The van der Waals surface area contributed by atoms with E-state index in [1.807, 2.05) is 24.3 Å². The molecule has 3 aromatic heterocycles. The molecule has 1 aliphatic rings. The number of alkyl halides is 2. The standard InChI is InChI=1S/2C11H7F2N.C10H8Br2N2.Ir/c2*12-8-4-5-9(10(13)7-8)11-3-1-2-6-14-11;11-10(12)4-6-14-9(7-10)8-3-1-2-5-13-8;/h2*1-7H;1-6H,7H2;. The van der Waals surface area contributed by atoms with E-state index in [1.54, 1.807) is 61.2 Å². The first-order chi connectivity index (χ1) is 20.2. The first-order valence-electron chi connectivity index (χ1n) is 12.5. The van der Waals surface area contributed by atoms with Crippen molar-refractivity contribution in [3.05, 3.63) is 151 Å². The molecule has 43 heavy (non-hydrogen) atoms. The van der Waals surface area contributed by atoms with E-state index in [-0.39, 0.29) is 23.3 Å². The van der Waals surface area contributed by atoms with Gasteiger partial charge in [-0.25, -0.2) is 17.6 Å². The average Bonchev–Trinajstić information content (AvgIpc) is 2.99. The Bertz CT molecular complexity index is 1590. The molecule has 11 heteroatoms. The molecule has 0 atom stereocenters. The predicted octanol–water partition coefficient (Wildman–Crippen LogP) is 9.33. The number of rotatable bonds is 3. The van der Waals surface area contributed by atoms with Gasteiger partial charge in [-0.05, 0) is 66.7 Å². The molecule has 0 bridgehead atoms. The Hall–Kier alpha value is -3.37. The van der Waals surface area contributed by atoms with Crippen molar-refractivity contribution in [1.82, 2.24) is 15.0 Å². The van der Waals surface area contributed by atoms with Gasteiger partial charge in [-0.15, -0.1) is 0 Å². The Morgan fingerprint density at radius 2 is 1.02 bits per heavy atom. The van der Waals surface area contributed by atoms with Crippen LogP contribution in [0.5, 0.6) is 0 Å². The maximum absolute atomic E-state index is 13.3. The molecule has 0 spiro atoms. The van der Waals surface area contributed by atoms with Crippen molar-refractivity contribution in [2.24, 2.45) is 4.99 Å². The third-order valence-corrected chi connectivity index (χ3v) is 6.75. The summed E-state index contributed by atoms with van der Waals surface area (Å²) in [6, 6.07) is 23.1. The third-order valence-electron chi connectivity index (χ3n) is 5.66. The molecule has 0 fully saturated rings. The third kappa shape index (κ3) is 10.4. The molecule has 6 rings (SSSR count). The van der Waals surface area contributed by atoms with Crippen LogP contribution < -0.4 is 0 Å². The van der Waals surface area contributed by atoms with Crippen LogP contribution in [-0.4, -0.2) is 23.9 Å². The van der Waals surface area contributed by atoms with Gasteiger partial charge in [0.25, 0.3) is 0 Å². The molecule has 0 amide bonds. The van der Waals surface area contributed by atoms with E-state index in [9.17, 15) is 17.6 Å². The predicted molar refractivity (Wildman–Crippen MR) is 164 cm³/mol. The van der Waals surface area contributed by atoms with Crippen LogP contribution in [0.3, 0.4) is 0 Å². The molecule has 0 N–H and O–H groups in total. The van der Waals surface area contributed by atoms with E-state index in [0.717, 1.165) is 30.0 Å². The maximum atomic E-state index is 13.3. The minimum Gasteiger partial charge on any atom is -0.259 e. The van der Waals surface area contributed by atoms with E-state index in [2.05, 4.69) is 51.8 Å². The zero-order valence-corrected chi connectivity index (χ0v) is 27.7. The van der Waals surface area contributed by atoms with Gasteiger partial charge in [0.1, 0.15) is 26.5 Å². The van der Waals surface area contributed by atoms with Gasteiger partial charge in [-0.1, -0.05) is 50.1 Å². The van der Waals surface area contributed by atoms with Crippen molar-refractivity contribution in [1.29, 1.82) is 0 Å². The molecule has 0 saturated carbocycles. The zero-order valence-electron chi connectivity index (χ0n) is 22.1. The van der Waals surface area contributed by atoms with Crippen LogP contribution in [0.15, 0.2) is 127 Å². The molecule has 1 aliphatic heterocycles. The van der Waals surface area contributed by atoms with Gasteiger partial charge in [0.15, 0.2) is 0 Å². The fraction of sp³-hybridized carbons (Fsp3) is 0.0625. The summed E-state index contributed by atoms with van der Waals surface area (Å²) in [5, 5.41) is 0. The molecule has 0 unspecified atom stereocenters. The summed E-state index contributed by atoms with van der Waals surface area (Å²) in [6.45, 7) is 0. The largest absolute Gasteiger partial charge is 0.259 e. The van der Waals surface area contributed by atoms with Crippen molar-refractivity contribution in [2.75, 3.05) is 0 Å². The van der Waals surface area contributed by atoms with Gasteiger partial charge in [0.05, 0.1) is 22.8 Å². The number of benzene rings is 2. The summed E-state index contributed by atoms with van der Waals surface area (Å²) in [4.78, 5) is 16.5. The smallest absolute Gasteiger partial charge is 0.135 e. The van der Waals surface area contributed by atoms with Gasteiger partial charge in [-0.3, -0.25) is 19.9 Å². The van der Waals surface area contributed by atoms with Gasteiger partial charge < -0.3 is 0 Å². The van der Waals surface area contributed by atoms with Crippen molar-refractivity contribution in [3.8, 4) is 22.5 Å². The monoisotopic (exact) mass is 889 g/mol. The number of hydrogen-bond acceptors (Lipinski definition) is 4. The summed E-state index contributed by atoms with van der Waals surface area (Å²) < 4.78 is 51.5. The minimum absolute atomic E-state index is 0. The molecular formula is C32H22Br2F4IrN4. The maximum Gasteiger partial charge on any atom is 0.135 e. The molecule has 221 valence electrons. The van der Waals surface area contributed by atoms with E-state index in [1.165, 1.54) is 24.3 Å². The van der Waals surface area contributed by atoms with E-state index in [0.29, 0.717) is 22.5 Å². The second-order valence-corrected chi connectivity index (χ2v) is 12.6. The van der Waals surface area contributed by atoms with Crippen LogP contribution in [0.2, 0.25) is 0 Å². The number of hydrogen-bond donors (Lipinski definition) is 0. The summed E-state index contributed by atoms with van der Waals surface area (Å²) in [5.74, 6) is -2.35. The Morgan fingerprint density at radius 1 is 0.581 bits per heavy atom. The van der Waals surface area contributed by atoms with Gasteiger partial charge in [0, 0.05) is 74.6 Å². The van der Waals surface area contributed by atoms with E-state index < -0.39 is 23.3 Å². The van der Waals surface area contributed by atoms with Crippen LogP contribution in [0, 0.1) is 23.3 Å². The molecule has 4 heterocycles. The van der Waals surface area contributed by atoms with Gasteiger partial charge >= 0.3 is 0 Å². The van der Waals surface area contributed by atoms with Crippen molar-refractivity contribution < 1.29 is 37.7 Å². The Balaban J connectivity index is 0.000000175. The summed E-state index contributed by atoms with van der Waals surface area (Å²) in [7, 11) is 0. The fourth-order valence-electron chi connectivity index (χ4n) is 3.69.